The van der Waals surface area contributed by atoms with Crippen LogP contribution in [-0.4, -0.2) is 22.8 Å². The lowest BCUT2D eigenvalue weighted by Gasteiger charge is -2.36. The van der Waals surface area contributed by atoms with Crippen molar-refractivity contribution in [1.82, 2.24) is 15.1 Å². The Morgan fingerprint density at radius 2 is 1.90 bits per heavy atom. The van der Waals surface area contributed by atoms with Crippen molar-refractivity contribution in [3.63, 3.8) is 0 Å². The highest BCUT2D eigenvalue weighted by Gasteiger charge is 2.35. The predicted molar refractivity (Wildman–Crippen MR) is 118 cm³/mol. The number of nitrogens with zero attached hydrogens (tertiary/aromatic N) is 2. The molecule has 4 rings (SSSR count). The van der Waals surface area contributed by atoms with E-state index in [1.54, 1.807) is 7.11 Å². The van der Waals surface area contributed by atoms with E-state index in [0.29, 0.717) is 12.8 Å². The van der Waals surface area contributed by atoms with Gasteiger partial charge in [-0.1, -0.05) is 50.2 Å². The van der Waals surface area contributed by atoms with Gasteiger partial charge in [0, 0.05) is 12.0 Å². The van der Waals surface area contributed by atoms with Crippen molar-refractivity contribution >= 4 is 5.91 Å². The molecule has 1 atom stereocenters. The van der Waals surface area contributed by atoms with Gasteiger partial charge in [0.15, 0.2) is 0 Å². The molecule has 30 heavy (non-hydrogen) atoms. The van der Waals surface area contributed by atoms with Crippen molar-refractivity contribution in [1.29, 1.82) is 0 Å². The Labute approximate surface area is 178 Å². The van der Waals surface area contributed by atoms with Gasteiger partial charge < -0.3 is 10.1 Å². The van der Waals surface area contributed by atoms with Crippen LogP contribution in [0.3, 0.4) is 0 Å². The van der Waals surface area contributed by atoms with E-state index < -0.39 is 0 Å². The number of rotatable bonds is 6. The molecule has 1 aliphatic rings. The highest BCUT2D eigenvalue weighted by atomic mass is 16.5. The molecular weight excluding hydrogens is 374 g/mol. The van der Waals surface area contributed by atoms with Gasteiger partial charge in [0.1, 0.15) is 5.75 Å². The smallest absolute Gasteiger partial charge is 0.220 e. The van der Waals surface area contributed by atoms with Crippen LogP contribution < -0.4 is 10.1 Å². The third-order valence-electron chi connectivity index (χ3n) is 5.83. The van der Waals surface area contributed by atoms with Gasteiger partial charge in [0.2, 0.25) is 5.91 Å². The Kier molecular flexibility index (Phi) is 5.62. The normalized spacial score (nSPS) is 17.2. The summed E-state index contributed by atoms with van der Waals surface area (Å²) in [6, 6.07) is 18.0. The first kappa shape index (κ1) is 20.2. The van der Waals surface area contributed by atoms with E-state index in [2.05, 4.69) is 36.4 Å². The molecule has 1 amide bonds. The zero-order valence-corrected chi connectivity index (χ0v) is 17.9. The molecule has 0 unspecified atom stereocenters. The third kappa shape index (κ3) is 4.25. The van der Waals surface area contributed by atoms with E-state index >= 15 is 0 Å². The van der Waals surface area contributed by atoms with Gasteiger partial charge in [-0.25, -0.2) is 4.68 Å². The highest BCUT2D eigenvalue weighted by molar-refractivity contribution is 5.77. The second kappa shape index (κ2) is 8.34. The molecule has 156 valence electrons. The zero-order valence-electron chi connectivity index (χ0n) is 17.9. The molecule has 2 aromatic carbocycles. The number of carbonyl (C=O) groups excluding carboxylic acids is 1. The summed E-state index contributed by atoms with van der Waals surface area (Å²) >= 11 is 0. The second-order valence-electron chi connectivity index (χ2n) is 8.77. The highest BCUT2D eigenvalue weighted by Crippen LogP contribution is 2.41. The number of aromatic nitrogens is 2. The number of amides is 1. The summed E-state index contributed by atoms with van der Waals surface area (Å²) in [6.45, 7) is 4.51. The summed E-state index contributed by atoms with van der Waals surface area (Å²) in [6.07, 6.45) is 4.84. The van der Waals surface area contributed by atoms with Gasteiger partial charge in [-0.15, -0.1) is 0 Å². The van der Waals surface area contributed by atoms with Crippen LogP contribution in [0.25, 0.3) is 5.69 Å². The fourth-order valence-corrected chi connectivity index (χ4v) is 4.39. The minimum absolute atomic E-state index is 0.0219. The number of methoxy groups -OCH3 is 1. The maximum atomic E-state index is 12.8. The molecule has 3 aromatic rings. The first-order valence-corrected chi connectivity index (χ1v) is 10.5. The van der Waals surface area contributed by atoms with Crippen molar-refractivity contribution < 1.29 is 9.53 Å². The zero-order chi connectivity index (χ0) is 21.1. The lowest BCUT2D eigenvalue weighted by atomic mass is 9.74. The van der Waals surface area contributed by atoms with E-state index in [0.717, 1.165) is 35.4 Å². The van der Waals surface area contributed by atoms with Crippen LogP contribution in [0.15, 0.2) is 60.8 Å². The summed E-state index contributed by atoms with van der Waals surface area (Å²) in [5, 5.41) is 7.93. The van der Waals surface area contributed by atoms with Crippen LogP contribution in [0.1, 0.15) is 49.6 Å². The average Bonchev–Trinajstić information content (AvgIpc) is 3.15. The average molecular weight is 404 g/mol. The van der Waals surface area contributed by atoms with E-state index in [-0.39, 0.29) is 17.4 Å². The molecule has 5 heteroatoms. The van der Waals surface area contributed by atoms with Crippen LogP contribution >= 0.6 is 0 Å². The monoisotopic (exact) mass is 403 g/mol. The van der Waals surface area contributed by atoms with Crippen molar-refractivity contribution in [2.45, 2.75) is 45.6 Å². The first-order chi connectivity index (χ1) is 14.5. The molecule has 1 aromatic heterocycles. The second-order valence-corrected chi connectivity index (χ2v) is 8.77. The molecule has 0 fully saturated rings. The maximum absolute atomic E-state index is 12.8. The number of nitrogens with one attached hydrogen (secondary N) is 1. The van der Waals surface area contributed by atoms with Crippen molar-refractivity contribution in [2.24, 2.45) is 5.41 Å². The number of fused-ring (bicyclic) bond motifs is 1. The van der Waals surface area contributed by atoms with Crippen LogP contribution in [0.2, 0.25) is 0 Å². The Bertz CT molecular complexity index is 1020. The van der Waals surface area contributed by atoms with E-state index in [1.165, 1.54) is 5.69 Å². The van der Waals surface area contributed by atoms with Gasteiger partial charge in [0.25, 0.3) is 0 Å². The Morgan fingerprint density at radius 1 is 1.17 bits per heavy atom. The number of aryl methyl sites for hydroxylation is 1. The largest absolute Gasteiger partial charge is 0.496 e. The summed E-state index contributed by atoms with van der Waals surface area (Å²) in [5.41, 5.74) is 4.51. The minimum Gasteiger partial charge on any atom is -0.496 e. The number of ether oxygens (including phenoxy) is 1. The van der Waals surface area contributed by atoms with Gasteiger partial charge in [-0.2, -0.15) is 5.10 Å². The number of carbonyl (C=O) groups is 1. The molecule has 0 saturated heterocycles. The van der Waals surface area contributed by atoms with E-state index in [4.69, 9.17) is 4.74 Å². The van der Waals surface area contributed by atoms with Crippen LogP contribution in [-0.2, 0) is 17.6 Å². The van der Waals surface area contributed by atoms with Gasteiger partial charge in [0.05, 0.1) is 30.7 Å². The minimum atomic E-state index is -0.0219. The number of para-hydroxylation sites is 2. The van der Waals surface area contributed by atoms with E-state index in [1.807, 2.05) is 53.3 Å². The maximum Gasteiger partial charge on any atom is 0.220 e. The molecule has 5 nitrogen and oxygen atoms in total. The fourth-order valence-electron chi connectivity index (χ4n) is 4.39. The van der Waals surface area contributed by atoms with Crippen LogP contribution in [0.5, 0.6) is 5.75 Å². The number of benzene rings is 2. The molecule has 1 N–H and O–H groups in total. The summed E-state index contributed by atoms with van der Waals surface area (Å²) < 4.78 is 7.42. The predicted octanol–water partition coefficient (Wildman–Crippen LogP) is 4.64. The Hall–Kier alpha value is -3.08. The summed E-state index contributed by atoms with van der Waals surface area (Å²) in [7, 11) is 1.66. The van der Waals surface area contributed by atoms with Crippen LogP contribution in [0.4, 0.5) is 0 Å². The van der Waals surface area contributed by atoms with Gasteiger partial charge in [-0.3, -0.25) is 4.79 Å². The molecule has 0 radical (unpaired) electrons. The van der Waals surface area contributed by atoms with E-state index in [9.17, 15) is 4.79 Å². The number of hydrogen-bond acceptors (Lipinski definition) is 3. The number of hydrogen-bond donors (Lipinski definition) is 1. The summed E-state index contributed by atoms with van der Waals surface area (Å²) in [5.74, 6) is 0.887. The molecular formula is C25H29N3O2. The lowest BCUT2D eigenvalue weighted by molar-refractivity contribution is -0.122. The SMILES string of the molecule is COc1ccccc1CCC(=O)N[C@@H]1CC(C)(C)Cc2c1cnn2-c1ccccc1. The molecule has 1 aliphatic carbocycles. The van der Waals surface area contributed by atoms with Gasteiger partial charge in [-0.05, 0) is 48.4 Å². The molecule has 1 heterocycles. The molecule has 0 aliphatic heterocycles. The fraction of sp³-hybridized carbons (Fsp3) is 0.360. The third-order valence-corrected chi connectivity index (χ3v) is 5.83. The molecule has 0 saturated carbocycles. The van der Waals surface area contributed by atoms with Gasteiger partial charge >= 0.3 is 0 Å². The standard InChI is InChI=1S/C25H29N3O2/c1-25(2)15-21(27-24(29)14-13-18-9-7-8-12-23(18)30-3)20-17-26-28(22(20)16-25)19-10-5-4-6-11-19/h4-12,17,21H,13-16H2,1-3H3,(H,27,29)/t21-/m1/s1. The van der Waals surface area contributed by atoms with Crippen molar-refractivity contribution in [3.8, 4) is 11.4 Å². The Balaban J connectivity index is 1.51. The van der Waals surface area contributed by atoms with Crippen molar-refractivity contribution in [3.05, 3.63) is 77.6 Å². The lowest BCUT2D eigenvalue weighted by Crippen LogP contribution is -2.36. The summed E-state index contributed by atoms with van der Waals surface area (Å²) in [4.78, 5) is 12.8. The topological polar surface area (TPSA) is 56.1 Å². The van der Waals surface area contributed by atoms with Crippen molar-refractivity contribution in [2.75, 3.05) is 7.11 Å². The molecule has 0 spiro atoms. The first-order valence-electron chi connectivity index (χ1n) is 10.5. The molecule has 0 bridgehead atoms. The quantitative estimate of drug-likeness (QED) is 0.652. The van der Waals surface area contributed by atoms with Crippen LogP contribution in [0, 0.1) is 5.41 Å². The Morgan fingerprint density at radius 3 is 2.67 bits per heavy atom.